The summed E-state index contributed by atoms with van der Waals surface area (Å²) in [6.45, 7) is 0. The number of amides is 3. The van der Waals surface area contributed by atoms with E-state index in [2.05, 4.69) is 4.98 Å². The van der Waals surface area contributed by atoms with E-state index in [9.17, 15) is 14.4 Å². The molecular weight excluding hydrogens is 354 g/mol. The fraction of sp³-hybridized carbons (Fsp3) is 0.105. The molecule has 0 unspecified atom stereocenters. The summed E-state index contributed by atoms with van der Waals surface area (Å²) in [5.74, 6) is -0.678. The van der Waals surface area contributed by atoms with E-state index in [1.807, 2.05) is 30.3 Å². The Labute approximate surface area is 154 Å². The summed E-state index contributed by atoms with van der Waals surface area (Å²) in [7, 11) is 1.26. The molecule has 0 bridgehead atoms. The molecule has 2 aromatic carbocycles. The van der Waals surface area contributed by atoms with Crippen LogP contribution in [0, 0.1) is 0 Å². The van der Waals surface area contributed by atoms with Crippen LogP contribution in [0.1, 0.15) is 21.6 Å². The van der Waals surface area contributed by atoms with Crippen molar-refractivity contribution in [2.75, 3.05) is 7.05 Å². The largest absolute Gasteiger partial charge is 0.351 e. The molecule has 0 atom stereocenters. The van der Waals surface area contributed by atoms with E-state index in [4.69, 9.17) is 17.3 Å². The first-order chi connectivity index (χ1) is 12.4. The summed E-state index contributed by atoms with van der Waals surface area (Å²) in [5.41, 5.74) is 6.48. The minimum absolute atomic E-state index is 0.0231. The summed E-state index contributed by atoms with van der Waals surface area (Å²) in [4.78, 5) is 40.8. The fourth-order valence-corrected chi connectivity index (χ4v) is 2.90. The van der Waals surface area contributed by atoms with E-state index < -0.39 is 11.9 Å². The van der Waals surface area contributed by atoms with Gasteiger partial charge in [-0.15, -0.1) is 0 Å². The zero-order valence-electron chi connectivity index (χ0n) is 14.0. The number of halogens is 1. The quantitative estimate of drug-likeness (QED) is 0.742. The number of hydrogen-bond acceptors (Lipinski definition) is 3. The molecule has 0 saturated carbocycles. The number of nitrogens with two attached hydrogens (primary N) is 1. The SMILES string of the molecule is CN(C(N)=O)C(=O)c1[nH]c2cc(Cl)ccc2c(=O)c1Cc1ccccc1. The van der Waals surface area contributed by atoms with E-state index in [0.29, 0.717) is 15.9 Å². The van der Waals surface area contributed by atoms with Gasteiger partial charge in [-0.2, -0.15) is 0 Å². The molecule has 26 heavy (non-hydrogen) atoms. The number of imide groups is 1. The molecule has 6 nitrogen and oxygen atoms in total. The second kappa shape index (κ2) is 7.01. The van der Waals surface area contributed by atoms with Crippen molar-refractivity contribution in [2.24, 2.45) is 5.73 Å². The van der Waals surface area contributed by atoms with Gasteiger partial charge in [0.2, 0.25) is 0 Å². The summed E-state index contributed by atoms with van der Waals surface area (Å²) in [6.07, 6.45) is 0.239. The Bertz CT molecular complexity index is 1060. The lowest BCUT2D eigenvalue weighted by Crippen LogP contribution is -2.39. The molecule has 1 aromatic heterocycles. The maximum atomic E-state index is 13.0. The van der Waals surface area contributed by atoms with Crippen LogP contribution in [0.4, 0.5) is 4.79 Å². The molecule has 3 aromatic rings. The van der Waals surface area contributed by atoms with Gasteiger partial charge >= 0.3 is 6.03 Å². The average molecular weight is 370 g/mol. The van der Waals surface area contributed by atoms with Crippen molar-refractivity contribution >= 4 is 34.4 Å². The number of fused-ring (bicyclic) bond motifs is 1. The van der Waals surface area contributed by atoms with Gasteiger partial charge in [0.15, 0.2) is 5.43 Å². The molecule has 0 aliphatic heterocycles. The van der Waals surface area contributed by atoms with E-state index in [1.165, 1.54) is 7.05 Å². The van der Waals surface area contributed by atoms with E-state index in [1.54, 1.807) is 18.2 Å². The van der Waals surface area contributed by atoms with Crippen LogP contribution in [-0.2, 0) is 6.42 Å². The number of pyridine rings is 1. The van der Waals surface area contributed by atoms with Crippen LogP contribution in [-0.4, -0.2) is 28.9 Å². The lowest BCUT2D eigenvalue weighted by Gasteiger charge is -2.16. The fourth-order valence-electron chi connectivity index (χ4n) is 2.72. The number of H-pyrrole nitrogens is 1. The normalized spacial score (nSPS) is 10.7. The van der Waals surface area contributed by atoms with Crippen molar-refractivity contribution in [1.29, 1.82) is 0 Å². The highest BCUT2D eigenvalue weighted by atomic mass is 35.5. The third-order valence-electron chi connectivity index (χ3n) is 4.13. The Hall–Kier alpha value is -3.12. The highest BCUT2D eigenvalue weighted by molar-refractivity contribution is 6.31. The van der Waals surface area contributed by atoms with E-state index >= 15 is 0 Å². The molecule has 3 rings (SSSR count). The van der Waals surface area contributed by atoms with Crippen LogP contribution in [0.3, 0.4) is 0 Å². The molecule has 0 aliphatic rings. The number of urea groups is 1. The predicted octanol–water partition coefficient (Wildman–Crippen LogP) is 2.92. The van der Waals surface area contributed by atoms with Crippen molar-refractivity contribution in [1.82, 2.24) is 9.88 Å². The van der Waals surface area contributed by atoms with Gasteiger partial charge in [-0.25, -0.2) is 4.79 Å². The molecule has 0 spiro atoms. The maximum absolute atomic E-state index is 13.0. The summed E-state index contributed by atoms with van der Waals surface area (Å²) in [5, 5.41) is 0.837. The predicted molar refractivity (Wildman–Crippen MR) is 101 cm³/mol. The molecule has 0 saturated heterocycles. The highest BCUT2D eigenvalue weighted by Gasteiger charge is 2.23. The van der Waals surface area contributed by atoms with Crippen LogP contribution in [0.25, 0.3) is 10.9 Å². The van der Waals surface area contributed by atoms with Gasteiger partial charge < -0.3 is 10.7 Å². The lowest BCUT2D eigenvalue weighted by atomic mass is 10.00. The number of carbonyl (C=O) groups is 2. The van der Waals surface area contributed by atoms with Crippen molar-refractivity contribution in [3.8, 4) is 0 Å². The number of rotatable bonds is 3. The van der Waals surface area contributed by atoms with Crippen molar-refractivity contribution in [3.63, 3.8) is 0 Å². The second-order valence-electron chi connectivity index (χ2n) is 5.86. The topological polar surface area (TPSA) is 96.3 Å². The summed E-state index contributed by atoms with van der Waals surface area (Å²) in [6, 6.07) is 13.2. The molecule has 0 fully saturated rings. The number of nitrogens with zero attached hydrogens (tertiary/aromatic N) is 1. The van der Waals surface area contributed by atoms with Gasteiger partial charge in [0.1, 0.15) is 5.69 Å². The number of benzene rings is 2. The number of carbonyl (C=O) groups excluding carboxylic acids is 2. The minimum Gasteiger partial charge on any atom is -0.351 e. The van der Waals surface area contributed by atoms with Crippen LogP contribution >= 0.6 is 11.6 Å². The first kappa shape index (κ1) is 17.7. The lowest BCUT2D eigenvalue weighted by molar-refractivity contribution is 0.0832. The third kappa shape index (κ3) is 3.32. The van der Waals surface area contributed by atoms with Crippen LogP contribution < -0.4 is 11.2 Å². The second-order valence-corrected chi connectivity index (χ2v) is 6.30. The zero-order chi connectivity index (χ0) is 18.8. The zero-order valence-corrected chi connectivity index (χ0v) is 14.7. The van der Waals surface area contributed by atoms with Gasteiger partial charge in [0.05, 0.1) is 5.52 Å². The van der Waals surface area contributed by atoms with Crippen molar-refractivity contribution in [3.05, 3.63) is 80.6 Å². The molecule has 3 N–H and O–H groups in total. The highest BCUT2D eigenvalue weighted by Crippen LogP contribution is 2.19. The number of aromatic amines is 1. The van der Waals surface area contributed by atoms with Gasteiger partial charge in [0, 0.05) is 29.4 Å². The Morgan fingerprint density at radius 2 is 1.85 bits per heavy atom. The van der Waals surface area contributed by atoms with Crippen LogP contribution in [0.15, 0.2) is 53.3 Å². The number of primary amides is 1. The Morgan fingerprint density at radius 3 is 2.50 bits per heavy atom. The van der Waals surface area contributed by atoms with Crippen molar-refractivity contribution < 1.29 is 9.59 Å². The van der Waals surface area contributed by atoms with Crippen molar-refractivity contribution in [2.45, 2.75) is 6.42 Å². The first-order valence-electron chi connectivity index (χ1n) is 7.84. The molecule has 7 heteroatoms. The number of hydrogen-bond donors (Lipinski definition) is 2. The van der Waals surface area contributed by atoms with Gasteiger partial charge in [0.25, 0.3) is 5.91 Å². The van der Waals surface area contributed by atoms with Gasteiger partial charge in [-0.1, -0.05) is 41.9 Å². The number of nitrogens with one attached hydrogen (secondary N) is 1. The monoisotopic (exact) mass is 369 g/mol. The average Bonchev–Trinajstić information content (AvgIpc) is 2.63. The van der Waals surface area contributed by atoms with Gasteiger partial charge in [-0.05, 0) is 23.8 Å². The minimum atomic E-state index is -0.910. The molecular formula is C19H16ClN3O3. The molecule has 1 heterocycles. The molecule has 3 amide bonds. The Morgan fingerprint density at radius 1 is 1.15 bits per heavy atom. The Balaban J connectivity index is 2.25. The molecule has 0 radical (unpaired) electrons. The molecule has 0 aliphatic carbocycles. The third-order valence-corrected chi connectivity index (χ3v) is 4.37. The summed E-state index contributed by atoms with van der Waals surface area (Å²) < 4.78 is 0. The standard InChI is InChI=1S/C19H16ClN3O3/c1-23(19(21)26)18(25)16-14(9-11-5-3-2-4-6-11)17(24)13-8-7-12(20)10-15(13)22-16/h2-8,10H,9H2,1H3,(H2,21,26)(H,22,24). The Kier molecular flexibility index (Phi) is 4.77. The summed E-state index contributed by atoms with van der Waals surface area (Å²) >= 11 is 5.99. The van der Waals surface area contributed by atoms with Crippen LogP contribution in [0.5, 0.6) is 0 Å². The number of aromatic nitrogens is 1. The first-order valence-corrected chi connectivity index (χ1v) is 8.22. The van der Waals surface area contributed by atoms with Gasteiger partial charge in [-0.3, -0.25) is 14.5 Å². The molecule has 132 valence electrons. The van der Waals surface area contributed by atoms with E-state index in [0.717, 1.165) is 10.5 Å². The van der Waals surface area contributed by atoms with Crippen LogP contribution in [0.2, 0.25) is 5.02 Å². The smallest absolute Gasteiger partial charge is 0.321 e. The van der Waals surface area contributed by atoms with E-state index in [-0.39, 0.29) is 23.1 Å². The maximum Gasteiger partial charge on any atom is 0.321 e.